The Balaban J connectivity index is 0.00000300. The van der Waals surface area contributed by atoms with Gasteiger partial charge in [0.25, 0.3) is 5.88 Å². The van der Waals surface area contributed by atoms with Gasteiger partial charge in [0.1, 0.15) is 5.75 Å². The molecule has 8 heteroatoms. The average molecular weight is 437 g/mol. The first-order valence-electron chi connectivity index (χ1n) is 8.57. The van der Waals surface area contributed by atoms with Crippen LogP contribution in [-0.4, -0.2) is 22.1 Å². The van der Waals surface area contributed by atoms with Crippen LogP contribution in [-0.2, 0) is 11.2 Å². The zero-order valence-corrected chi connectivity index (χ0v) is 16.8. The largest absolute Gasteiger partial charge is 0.481 e. The lowest BCUT2D eigenvalue weighted by Crippen LogP contribution is -2.26. The van der Waals surface area contributed by atoms with Gasteiger partial charge in [-0.15, -0.1) is 12.4 Å². The van der Waals surface area contributed by atoms with Crippen molar-refractivity contribution < 1.29 is 19.0 Å². The number of nitrogens with zero attached hydrogens (tertiary/aromatic N) is 1. The fraction of sp³-hybridized carbons (Fsp3) is 0.143. The molecule has 0 spiro atoms. The molecular formula is C21H19Cl2FN2O3. The van der Waals surface area contributed by atoms with Gasteiger partial charge in [0, 0.05) is 12.2 Å². The predicted molar refractivity (Wildman–Crippen MR) is 112 cm³/mol. The maximum atomic E-state index is 14.1. The number of ether oxygens (including phenoxy) is 1. The fourth-order valence-corrected chi connectivity index (χ4v) is 2.95. The first-order valence-corrected chi connectivity index (χ1v) is 8.95. The number of halogens is 3. The van der Waals surface area contributed by atoms with Crippen molar-refractivity contribution in [2.45, 2.75) is 18.9 Å². The van der Waals surface area contributed by atoms with Crippen LogP contribution < -0.4 is 10.5 Å². The Hall–Kier alpha value is -2.67. The minimum atomic E-state index is -0.986. The van der Waals surface area contributed by atoms with Crippen molar-refractivity contribution in [2.75, 3.05) is 0 Å². The molecule has 0 fully saturated rings. The Kier molecular flexibility index (Phi) is 7.96. The van der Waals surface area contributed by atoms with E-state index in [1.165, 1.54) is 6.20 Å². The molecule has 0 amide bonds. The zero-order chi connectivity index (χ0) is 20.1. The van der Waals surface area contributed by atoms with Gasteiger partial charge in [0.05, 0.1) is 11.4 Å². The predicted octanol–water partition coefficient (Wildman–Crippen LogP) is 5.10. The molecule has 0 unspecified atom stereocenters. The highest BCUT2D eigenvalue weighted by molar-refractivity contribution is 6.30. The summed E-state index contributed by atoms with van der Waals surface area (Å²) in [5.74, 6) is -1.54. The van der Waals surface area contributed by atoms with Crippen LogP contribution in [0.4, 0.5) is 4.39 Å². The van der Waals surface area contributed by atoms with Crippen molar-refractivity contribution in [2.24, 2.45) is 5.73 Å². The molecule has 0 saturated heterocycles. The maximum Gasteiger partial charge on any atom is 0.304 e. The number of benzene rings is 2. The van der Waals surface area contributed by atoms with Gasteiger partial charge in [0.2, 0.25) is 0 Å². The molecule has 0 bridgehead atoms. The molecule has 0 aliphatic rings. The first-order chi connectivity index (χ1) is 13.4. The van der Waals surface area contributed by atoms with Crippen molar-refractivity contribution in [1.29, 1.82) is 0 Å². The Labute approximate surface area is 178 Å². The van der Waals surface area contributed by atoms with E-state index in [2.05, 4.69) is 4.98 Å². The van der Waals surface area contributed by atoms with Gasteiger partial charge in [-0.2, -0.15) is 0 Å². The highest BCUT2D eigenvalue weighted by Gasteiger charge is 2.16. The number of carboxylic acid groups (broad SMARTS) is 1. The molecule has 0 aliphatic heterocycles. The molecule has 3 N–H and O–H groups in total. The molecule has 1 aromatic heterocycles. The van der Waals surface area contributed by atoms with Crippen LogP contribution in [0.5, 0.6) is 11.6 Å². The highest BCUT2D eigenvalue weighted by atomic mass is 35.5. The van der Waals surface area contributed by atoms with Crippen LogP contribution >= 0.6 is 24.0 Å². The van der Waals surface area contributed by atoms with Crippen molar-refractivity contribution in [3.63, 3.8) is 0 Å². The second-order valence-electron chi connectivity index (χ2n) is 6.29. The standard InChI is InChI=1S/C21H18ClFN2O3.ClH/c22-16-10-18(23)21(25-12-16)28-19-7-6-14(13-4-2-1-3-5-13)8-15(19)9-17(24)11-20(26)27;/h1-8,10,12,17H,9,11,24H2,(H,26,27);1H/t17-;/m0./s1. The van der Waals surface area contributed by atoms with Gasteiger partial charge in [-0.3, -0.25) is 4.79 Å². The molecule has 0 saturated carbocycles. The van der Waals surface area contributed by atoms with Gasteiger partial charge >= 0.3 is 5.97 Å². The van der Waals surface area contributed by atoms with Crippen LogP contribution in [0.1, 0.15) is 12.0 Å². The molecule has 0 radical (unpaired) electrons. The van der Waals surface area contributed by atoms with Gasteiger partial charge in [-0.05, 0) is 41.3 Å². The van der Waals surface area contributed by atoms with Crippen LogP contribution in [0.3, 0.4) is 0 Å². The maximum absolute atomic E-state index is 14.1. The number of hydrogen-bond acceptors (Lipinski definition) is 4. The smallest absolute Gasteiger partial charge is 0.304 e. The summed E-state index contributed by atoms with van der Waals surface area (Å²) < 4.78 is 19.7. The molecule has 3 aromatic rings. The van der Waals surface area contributed by atoms with E-state index < -0.39 is 17.8 Å². The minimum absolute atomic E-state index is 0. The normalized spacial score (nSPS) is 11.4. The van der Waals surface area contributed by atoms with Crippen LogP contribution in [0, 0.1) is 5.82 Å². The number of rotatable bonds is 7. The third kappa shape index (κ3) is 6.15. The zero-order valence-electron chi connectivity index (χ0n) is 15.2. The van der Waals surface area contributed by atoms with E-state index in [4.69, 9.17) is 27.2 Å². The summed E-state index contributed by atoms with van der Waals surface area (Å²) in [6, 6.07) is 15.6. The van der Waals surface area contributed by atoms with E-state index in [1.54, 1.807) is 6.07 Å². The third-order valence-electron chi connectivity index (χ3n) is 4.07. The monoisotopic (exact) mass is 436 g/mol. The van der Waals surface area contributed by atoms with E-state index in [1.807, 2.05) is 42.5 Å². The molecule has 5 nitrogen and oxygen atoms in total. The molecule has 2 aromatic carbocycles. The molecule has 1 atom stereocenters. The molecule has 29 heavy (non-hydrogen) atoms. The summed E-state index contributed by atoms with van der Waals surface area (Å²) in [5, 5.41) is 9.14. The van der Waals surface area contributed by atoms with E-state index in [0.717, 1.165) is 17.2 Å². The summed E-state index contributed by atoms with van der Waals surface area (Å²) in [4.78, 5) is 14.8. The Morgan fingerprint density at radius 2 is 1.90 bits per heavy atom. The van der Waals surface area contributed by atoms with Crippen LogP contribution in [0.2, 0.25) is 5.02 Å². The Morgan fingerprint density at radius 1 is 1.17 bits per heavy atom. The number of hydrogen-bond donors (Lipinski definition) is 2. The molecule has 3 rings (SSSR count). The third-order valence-corrected chi connectivity index (χ3v) is 4.27. The van der Waals surface area contributed by atoms with Crippen molar-refractivity contribution in [1.82, 2.24) is 4.98 Å². The van der Waals surface area contributed by atoms with Crippen molar-refractivity contribution in [3.05, 3.63) is 77.2 Å². The van der Waals surface area contributed by atoms with Crippen molar-refractivity contribution in [3.8, 4) is 22.8 Å². The minimum Gasteiger partial charge on any atom is -0.481 e. The topological polar surface area (TPSA) is 85.4 Å². The van der Waals surface area contributed by atoms with E-state index >= 15 is 0 Å². The van der Waals surface area contributed by atoms with Crippen LogP contribution in [0.25, 0.3) is 11.1 Å². The van der Waals surface area contributed by atoms with Gasteiger partial charge < -0.3 is 15.6 Å². The number of carboxylic acids is 1. The molecule has 152 valence electrons. The molecule has 0 aliphatic carbocycles. The number of carbonyl (C=O) groups is 1. The van der Waals surface area contributed by atoms with Gasteiger partial charge in [-0.1, -0.05) is 48.0 Å². The highest BCUT2D eigenvalue weighted by Crippen LogP contribution is 2.32. The lowest BCUT2D eigenvalue weighted by molar-refractivity contribution is -0.137. The van der Waals surface area contributed by atoms with Gasteiger partial charge in [-0.25, -0.2) is 9.37 Å². The second kappa shape index (κ2) is 10.2. The summed E-state index contributed by atoms with van der Waals surface area (Å²) in [6.07, 6.45) is 1.34. The van der Waals surface area contributed by atoms with Crippen LogP contribution in [0.15, 0.2) is 60.8 Å². The average Bonchev–Trinajstić information content (AvgIpc) is 2.65. The van der Waals surface area contributed by atoms with E-state index in [9.17, 15) is 9.18 Å². The number of pyridine rings is 1. The summed E-state index contributed by atoms with van der Waals surface area (Å²) in [6.45, 7) is 0. The Morgan fingerprint density at radius 3 is 2.55 bits per heavy atom. The summed E-state index contributed by atoms with van der Waals surface area (Å²) in [5.41, 5.74) is 8.52. The van der Waals surface area contributed by atoms with E-state index in [-0.39, 0.29) is 36.2 Å². The fourth-order valence-electron chi connectivity index (χ4n) is 2.81. The van der Waals surface area contributed by atoms with E-state index in [0.29, 0.717) is 11.3 Å². The summed E-state index contributed by atoms with van der Waals surface area (Å²) >= 11 is 5.73. The van der Waals surface area contributed by atoms with Crippen molar-refractivity contribution >= 4 is 30.0 Å². The second-order valence-corrected chi connectivity index (χ2v) is 6.73. The number of aliphatic carboxylic acids is 1. The lowest BCUT2D eigenvalue weighted by atomic mass is 9.97. The SMILES string of the molecule is Cl.N[C@H](CC(=O)O)Cc1cc(-c2ccccc2)ccc1Oc1ncc(Cl)cc1F. The number of nitrogens with two attached hydrogens (primary N) is 1. The lowest BCUT2D eigenvalue weighted by Gasteiger charge is -2.16. The molecular weight excluding hydrogens is 418 g/mol. The Bertz CT molecular complexity index is 987. The first kappa shape index (κ1) is 22.6. The molecule has 1 heterocycles. The van der Waals surface area contributed by atoms with Gasteiger partial charge in [0.15, 0.2) is 5.82 Å². The summed E-state index contributed by atoms with van der Waals surface area (Å²) in [7, 11) is 0. The quantitative estimate of drug-likeness (QED) is 0.537. The number of aromatic nitrogens is 1.